The highest BCUT2D eigenvalue weighted by atomic mass is 16.6. The zero-order valence-corrected chi connectivity index (χ0v) is 32.7. The standard InChI is InChI=1S/C41H52N2O11/c1-11-24(44)39-41(6,54-39)28-15-25(45)29-17(2)12-22-31(37(29)53-28)36(49)32-30(35(22)48)20(26-14-23(42(7)8)33(46)18(3)51-26)13-21(34(32)47)27-16-40(5,43(9)10)38(50)19(4)52-27/h12-13,15,18-19,23-24,26-27,33,38-39,44,46-47,50H,11,14,16H2,1-10H3/p+2/t18-,19+,23-,24-,26-,27-,33-,38-,39+,40+,41+/m1/s1. The van der Waals surface area contributed by atoms with Crippen molar-refractivity contribution in [1.29, 1.82) is 0 Å². The third-order valence-electron chi connectivity index (χ3n) is 13.0. The fourth-order valence-electron chi connectivity index (χ4n) is 9.16. The van der Waals surface area contributed by atoms with E-state index in [1.807, 2.05) is 42.0 Å². The van der Waals surface area contributed by atoms with Gasteiger partial charge in [-0.25, -0.2) is 0 Å². The Balaban J connectivity index is 1.47. The lowest BCUT2D eigenvalue weighted by Gasteiger charge is -2.47. The highest BCUT2D eigenvalue weighted by Gasteiger charge is 2.59. The summed E-state index contributed by atoms with van der Waals surface area (Å²) in [5, 5.41) is 45.3. The topological polar surface area (TPSA) is 185 Å². The van der Waals surface area contributed by atoms with E-state index >= 15 is 4.79 Å². The van der Waals surface area contributed by atoms with Gasteiger partial charge in [0, 0.05) is 35.6 Å². The van der Waals surface area contributed by atoms with Crippen LogP contribution in [0.3, 0.4) is 0 Å². The molecule has 13 heteroatoms. The molecule has 292 valence electrons. The van der Waals surface area contributed by atoms with Gasteiger partial charge in [-0.3, -0.25) is 14.4 Å². The molecule has 0 saturated carbocycles. The lowest BCUT2D eigenvalue weighted by atomic mass is 9.74. The molecule has 0 radical (unpaired) electrons. The number of carbonyl (C=O) groups is 2. The number of hydrogen-bond donors (Lipinski definition) is 6. The number of rotatable bonds is 7. The number of ether oxygens (including phenoxy) is 3. The predicted molar refractivity (Wildman–Crippen MR) is 196 cm³/mol. The normalized spacial score (nSPS) is 34.4. The highest BCUT2D eigenvalue weighted by molar-refractivity contribution is 6.33. The van der Waals surface area contributed by atoms with E-state index in [0.717, 1.165) is 9.80 Å². The Morgan fingerprint density at radius 2 is 1.57 bits per heavy atom. The number of fused-ring (bicyclic) bond motifs is 4. The maximum atomic E-state index is 15.1. The number of aliphatic hydroxyl groups is 3. The molecular formula is C41H54N2O11+2. The summed E-state index contributed by atoms with van der Waals surface area (Å²) in [7, 11) is 7.75. The van der Waals surface area contributed by atoms with Crippen LogP contribution in [0.2, 0.25) is 0 Å². The second-order valence-electron chi connectivity index (χ2n) is 16.9. The molecule has 2 aromatic carbocycles. The number of phenolic OH excluding ortho intramolecular Hbond substituents is 1. The van der Waals surface area contributed by atoms with Crippen LogP contribution in [-0.2, 0) is 19.8 Å². The van der Waals surface area contributed by atoms with Gasteiger partial charge in [0.25, 0.3) is 0 Å². The molecular weight excluding hydrogens is 696 g/mol. The van der Waals surface area contributed by atoms with Crippen LogP contribution in [0.25, 0.3) is 11.0 Å². The van der Waals surface area contributed by atoms with E-state index < -0.39 is 82.7 Å². The van der Waals surface area contributed by atoms with Gasteiger partial charge in [0.1, 0.15) is 47.0 Å². The first-order valence-corrected chi connectivity index (χ1v) is 19.0. The zero-order valence-electron chi connectivity index (χ0n) is 32.7. The minimum Gasteiger partial charge on any atom is -0.507 e. The first-order chi connectivity index (χ1) is 25.3. The maximum absolute atomic E-state index is 15.1. The first-order valence-electron chi connectivity index (χ1n) is 19.0. The predicted octanol–water partition coefficient (Wildman–Crippen LogP) is 0.805. The molecule has 6 N–H and O–H groups in total. The number of likely N-dealkylation sites (N-methyl/N-ethyl adjacent to an activating group) is 2. The molecule has 3 aromatic rings. The lowest BCUT2D eigenvalue weighted by molar-refractivity contribution is -0.921. The summed E-state index contributed by atoms with van der Waals surface area (Å²) in [5.41, 5.74) is -1.68. The molecule has 0 spiro atoms. The fourth-order valence-corrected chi connectivity index (χ4v) is 9.16. The van der Waals surface area contributed by atoms with E-state index in [9.17, 15) is 30.0 Å². The summed E-state index contributed by atoms with van der Waals surface area (Å²) in [6.45, 7) is 10.7. The molecule has 11 atom stereocenters. The van der Waals surface area contributed by atoms with Crippen molar-refractivity contribution in [2.45, 2.75) is 127 Å². The fraction of sp³-hybridized carbons (Fsp3) is 0.585. The number of aromatic hydroxyl groups is 1. The Kier molecular flexibility index (Phi) is 9.54. The number of benzene rings is 2. The van der Waals surface area contributed by atoms with Gasteiger partial charge in [-0.2, -0.15) is 0 Å². The molecule has 1 aliphatic carbocycles. The van der Waals surface area contributed by atoms with Crippen LogP contribution in [0.15, 0.2) is 27.4 Å². The molecule has 4 heterocycles. The van der Waals surface area contributed by atoms with Crippen molar-refractivity contribution in [3.05, 3.63) is 73.1 Å². The monoisotopic (exact) mass is 750 g/mol. The average molecular weight is 751 g/mol. The minimum absolute atomic E-state index is 0.0133. The highest BCUT2D eigenvalue weighted by Crippen LogP contribution is 2.51. The number of carbonyl (C=O) groups excluding carboxylic acids is 2. The second kappa shape index (κ2) is 13.3. The van der Waals surface area contributed by atoms with E-state index in [0.29, 0.717) is 24.0 Å². The Morgan fingerprint density at radius 3 is 2.20 bits per heavy atom. The summed E-state index contributed by atoms with van der Waals surface area (Å²) in [6, 6.07) is 4.25. The summed E-state index contributed by atoms with van der Waals surface area (Å²) in [4.78, 5) is 45.8. The molecule has 3 aliphatic heterocycles. The molecule has 0 unspecified atom stereocenters. The molecule has 13 nitrogen and oxygen atoms in total. The zero-order chi connectivity index (χ0) is 39.5. The van der Waals surface area contributed by atoms with Gasteiger partial charge >= 0.3 is 0 Å². The van der Waals surface area contributed by atoms with Crippen LogP contribution < -0.4 is 15.2 Å². The van der Waals surface area contributed by atoms with Crippen molar-refractivity contribution < 1.29 is 58.4 Å². The van der Waals surface area contributed by atoms with Crippen LogP contribution in [0, 0.1) is 6.92 Å². The van der Waals surface area contributed by atoms with Crippen molar-refractivity contribution in [3.63, 3.8) is 0 Å². The Morgan fingerprint density at radius 1 is 0.907 bits per heavy atom. The van der Waals surface area contributed by atoms with Crippen molar-refractivity contribution >= 4 is 22.5 Å². The number of hydrogen-bond acceptors (Lipinski definition) is 11. The van der Waals surface area contributed by atoms with Crippen molar-refractivity contribution in [1.82, 2.24) is 0 Å². The van der Waals surface area contributed by atoms with E-state index in [2.05, 4.69) is 0 Å². The SMILES string of the molecule is CC[C@@H](O)[C@@H]1O[C@@]1(C)c1cc(=O)c2c(C)cc3c(c2o1)C(=O)c1c(O)c([C@H]2C[C@](C)([NH+](C)C)[C@H](O)[C@H](C)O2)cc([C@H]2C[C@@H]([NH+](C)C)[C@H](O)[C@@H](C)O2)c1C3=O. The van der Waals surface area contributed by atoms with Crippen molar-refractivity contribution in [2.75, 3.05) is 28.2 Å². The van der Waals surface area contributed by atoms with Crippen LogP contribution in [0.5, 0.6) is 5.75 Å². The number of epoxide rings is 1. The second-order valence-corrected chi connectivity index (χ2v) is 16.9. The van der Waals surface area contributed by atoms with E-state index in [4.69, 9.17) is 18.6 Å². The summed E-state index contributed by atoms with van der Waals surface area (Å²) >= 11 is 0. The van der Waals surface area contributed by atoms with Crippen LogP contribution in [0.4, 0.5) is 0 Å². The summed E-state index contributed by atoms with van der Waals surface area (Å²) < 4.78 is 25.0. The van der Waals surface area contributed by atoms with Gasteiger partial charge < -0.3 is 48.9 Å². The van der Waals surface area contributed by atoms with E-state index in [1.165, 1.54) is 12.1 Å². The number of aliphatic hydroxyl groups excluding tert-OH is 3. The molecule has 4 aliphatic rings. The molecule has 0 amide bonds. The quantitative estimate of drug-likeness (QED) is 0.147. The molecule has 7 rings (SSSR count). The number of ketones is 2. The lowest BCUT2D eigenvalue weighted by Crippen LogP contribution is -3.17. The van der Waals surface area contributed by atoms with Crippen molar-refractivity contribution in [2.24, 2.45) is 0 Å². The van der Waals surface area contributed by atoms with Crippen LogP contribution >= 0.6 is 0 Å². The summed E-state index contributed by atoms with van der Waals surface area (Å²) in [5.74, 6) is -1.57. The number of phenols is 1. The largest absolute Gasteiger partial charge is 0.507 e. The molecule has 3 fully saturated rings. The molecule has 1 aromatic heterocycles. The van der Waals surface area contributed by atoms with Gasteiger partial charge in [-0.15, -0.1) is 0 Å². The Hall–Kier alpha value is -3.53. The van der Waals surface area contributed by atoms with Gasteiger partial charge in [0.2, 0.25) is 5.78 Å². The maximum Gasteiger partial charge on any atom is 0.202 e. The number of aryl methyl sites for hydroxylation is 1. The minimum atomic E-state index is -1.13. The van der Waals surface area contributed by atoms with Crippen LogP contribution in [0.1, 0.15) is 120 Å². The van der Waals surface area contributed by atoms with Gasteiger partial charge in [0.15, 0.2) is 16.8 Å². The van der Waals surface area contributed by atoms with Crippen LogP contribution in [-0.4, -0.2) is 108 Å². The average Bonchev–Trinajstić information content (AvgIpc) is 3.81. The third kappa shape index (κ3) is 5.70. The van der Waals surface area contributed by atoms with Gasteiger partial charge in [-0.1, -0.05) is 6.92 Å². The van der Waals surface area contributed by atoms with Gasteiger partial charge in [0.05, 0.1) is 75.2 Å². The first kappa shape index (κ1) is 38.7. The Labute approximate surface area is 314 Å². The molecule has 3 saturated heterocycles. The third-order valence-corrected chi connectivity index (χ3v) is 13.0. The Bertz CT molecular complexity index is 2110. The smallest absolute Gasteiger partial charge is 0.202 e. The molecule has 54 heavy (non-hydrogen) atoms. The van der Waals surface area contributed by atoms with E-state index in [1.54, 1.807) is 33.8 Å². The summed E-state index contributed by atoms with van der Waals surface area (Å²) in [6.07, 6.45) is -4.83. The van der Waals surface area contributed by atoms with E-state index in [-0.39, 0.29) is 57.0 Å². The molecule has 0 bridgehead atoms. The number of nitrogens with one attached hydrogen (secondary N) is 2. The van der Waals surface area contributed by atoms with Gasteiger partial charge in [-0.05, 0) is 64.3 Å². The van der Waals surface area contributed by atoms with Crippen molar-refractivity contribution in [3.8, 4) is 5.75 Å². The number of quaternary nitrogens is 2.